The van der Waals surface area contributed by atoms with Gasteiger partial charge in [0.15, 0.2) is 0 Å². The molecule has 0 unspecified atom stereocenters. The van der Waals surface area contributed by atoms with E-state index >= 15 is 0 Å². The van der Waals surface area contributed by atoms with Gasteiger partial charge in [-0.25, -0.2) is 9.87 Å². The number of nitrogens with one attached hydrogen (secondary N) is 1. The molecule has 50 valence electrons. The summed E-state index contributed by atoms with van der Waals surface area (Å²) in [5.41, 5.74) is 1.15. The van der Waals surface area contributed by atoms with Crippen LogP contribution in [0.2, 0.25) is 0 Å². The number of hydrogen-bond donors (Lipinski definition) is 2. The highest BCUT2D eigenvalue weighted by Gasteiger charge is 1.98. The normalized spacial score (nSPS) is 9.56. The molecule has 9 heavy (non-hydrogen) atoms. The predicted molar refractivity (Wildman–Crippen MR) is 29.3 cm³/mol. The molecule has 0 heterocycles. The number of amides is 1. The Kier molecular flexibility index (Phi) is 3.31. The van der Waals surface area contributed by atoms with Crippen LogP contribution in [0.5, 0.6) is 0 Å². The molecule has 1 amide bonds. The second kappa shape index (κ2) is 3.80. The molecule has 0 fully saturated rings. The Morgan fingerprint density at radius 1 is 1.78 bits per heavy atom. The minimum Gasteiger partial charge on any atom is -0.288 e. The first-order valence-electron chi connectivity index (χ1n) is 2.12. The van der Waals surface area contributed by atoms with Crippen LogP contribution in [0, 0.1) is 0 Å². The highest BCUT2D eigenvalue weighted by Crippen LogP contribution is 1.91. The van der Waals surface area contributed by atoms with Crippen molar-refractivity contribution < 1.29 is 14.4 Å². The third-order valence-corrected chi connectivity index (χ3v) is 0.657. The summed E-state index contributed by atoms with van der Waals surface area (Å²) in [4.78, 5) is 10.2. The predicted octanol–water partition coefficient (Wildman–Crippen LogP) is 0.531. The monoisotopic (exact) mass is 131 g/mol. The van der Waals surface area contributed by atoms with E-state index in [4.69, 9.17) is 5.21 Å². The molecule has 0 radical (unpaired) electrons. The first-order valence-corrected chi connectivity index (χ1v) is 2.12. The van der Waals surface area contributed by atoms with Crippen LogP contribution >= 0.6 is 0 Å². The van der Waals surface area contributed by atoms with Gasteiger partial charge in [-0.05, 0) is 6.08 Å². The van der Waals surface area contributed by atoms with E-state index < -0.39 is 5.91 Å². The third kappa shape index (κ3) is 2.61. The Labute approximate surface area is 51.4 Å². The average Bonchev–Trinajstić information content (AvgIpc) is 1.87. The zero-order valence-corrected chi connectivity index (χ0v) is 4.60. The van der Waals surface area contributed by atoms with Crippen LogP contribution in [-0.4, -0.2) is 11.1 Å². The van der Waals surface area contributed by atoms with Gasteiger partial charge < -0.3 is 0 Å². The summed E-state index contributed by atoms with van der Waals surface area (Å²) in [6.45, 7) is 3.12. The SMILES string of the molecule is C=C(/C=C/F)C(=O)NO. The molecule has 0 spiro atoms. The minimum atomic E-state index is -0.816. The van der Waals surface area contributed by atoms with Gasteiger partial charge in [-0.2, -0.15) is 0 Å². The van der Waals surface area contributed by atoms with E-state index in [0.29, 0.717) is 0 Å². The van der Waals surface area contributed by atoms with Crippen LogP contribution in [-0.2, 0) is 4.79 Å². The maximum absolute atomic E-state index is 11.2. The summed E-state index contributed by atoms with van der Waals surface area (Å²) in [5, 5.41) is 7.92. The van der Waals surface area contributed by atoms with Gasteiger partial charge in [-0.1, -0.05) is 6.58 Å². The Morgan fingerprint density at radius 3 is 2.67 bits per heavy atom. The number of carbonyl (C=O) groups is 1. The largest absolute Gasteiger partial charge is 0.288 e. The lowest BCUT2D eigenvalue weighted by Gasteiger charge is -1.92. The molecular formula is C5H6FNO2. The fourth-order valence-corrected chi connectivity index (χ4v) is 0.224. The molecule has 0 atom stereocenters. The smallest absolute Gasteiger partial charge is 0.274 e. The highest BCUT2D eigenvalue weighted by molar-refractivity contribution is 5.94. The van der Waals surface area contributed by atoms with E-state index in [9.17, 15) is 9.18 Å². The molecule has 0 aliphatic carbocycles. The zero-order chi connectivity index (χ0) is 7.28. The molecule has 4 heteroatoms. The highest BCUT2D eigenvalue weighted by atomic mass is 19.1. The molecule has 0 saturated heterocycles. The van der Waals surface area contributed by atoms with Crippen LogP contribution in [0.3, 0.4) is 0 Å². The number of carbonyl (C=O) groups excluding carboxylic acids is 1. The topological polar surface area (TPSA) is 49.3 Å². The van der Waals surface area contributed by atoms with Crippen molar-refractivity contribution in [3.05, 3.63) is 24.6 Å². The Morgan fingerprint density at radius 2 is 2.33 bits per heavy atom. The van der Waals surface area contributed by atoms with Crippen molar-refractivity contribution in [2.45, 2.75) is 0 Å². The van der Waals surface area contributed by atoms with Crippen molar-refractivity contribution >= 4 is 5.91 Å². The third-order valence-electron chi connectivity index (χ3n) is 0.657. The van der Waals surface area contributed by atoms with Crippen molar-refractivity contribution in [1.82, 2.24) is 5.48 Å². The molecule has 0 aliphatic heterocycles. The summed E-state index contributed by atoms with van der Waals surface area (Å²) < 4.78 is 11.2. The van der Waals surface area contributed by atoms with Crippen LogP contribution in [0.1, 0.15) is 0 Å². The molecule has 0 aromatic heterocycles. The van der Waals surface area contributed by atoms with Crippen LogP contribution in [0.4, 0.5) is 4.39 Å². The van der Waals surface area contributed by atoms with Crippen molar-refractivity contribution in [2.75, 3.05) is 0 Å². The lowest BCUT2D eigenvalue weighted by atomic mass is 10.3. The summed E-state index contributed by atoms with van der Waals surface area (Å²) >= 11 is 0. The van der Waals surface area contributed by atoms with E-state index in [1.54, 1.807) is 0 Å². The zero-order valence-electron chi connectivity index (χ0n) is 4.60. The molecule has 0 saturated carbocycles. The summed E-state index contributed by atoms with van der Waals surface area (Å²) in [7, 11) is 0. The molecule has 0 aromatic rings. The van der Waals surface area contributed by atoms with Gasteiger partial charge in [0.05, 0.1) is 6.33 Å². The molecule has 0 aliphatic rings. The van der Waals surface area contributed by atoms with Crippen LogP contribution < -0.4 is 5.48 Å². The standard InChI is InChI=1S/C5H6FNO2/c1-4(2-3-6)5(8)7-9/h2-3,9H,1H2,(H,7,8)/b3-2+. The van der Waals surface area contributed by atoms with Crippen molar-refractivity contribution in [1.29, 1.82) is 0 Å². The first-order chi connectivity index (χ1) is 4.22. The van der Waals surface area contributed by atoms with Crippen LogP contribution in [0.15, 0.2) is 24.6 Å². The van der Waals surface area contributed by atoms with Gasteiger partial charge in [-0.3, -0.25) is 10.0 Å². The van der Waals surface area contributed by atoms with Gasteiger partial charge in [-0.15, -0.1) is 0 Å². The minimum absolute atomic E-state index is 0.139. The van der Waals surface area contributed by atoms with Crippen molar-refractivity contribution in [2.24, 2.45) is 0 Å². The van der Waals surface area contributed by atoms with Crippen molar-refractivity contribution in [3.63, 3.8) is 0 Å². The molecule has 0 aromatic carbocycles. The number of hydrogen-bond acceptors (Lipinski definition) is 2. The number of rotatable bonds is 2. The Balaban J connectivity index is 3.89. The van der Waals surface area contributed by atoms with Crippen LogP contribution in [0.25, 0.3) is 0 Å². The van der Waals surface area contributed by atoms with Gasteiger partial charge in [0, 0.05) is 5.57 Å². The van der Waals surface area contributed by atoms with E-state index in [-0.39, 0.29) is 11.9 Å². The maximum Gasteiger partial charge on any atom is 0.274 e. The van der Waals surface area contributed by atoms with E-state index in [2.05, 4.69) is 6.58 Å². The molecular weight excluding hydrogens is 125 g/mol. The van der Waals surface area contributed by atoms with Gasteiger partial charge in [0.2, 0.25) is 0 Å². The molecule has 3 nitrogen and oxygen atoms in total. The van der Waals surface area contributed by atoms with E-state index in [1.165, 1.54) is 5.48 Å². The lowest BCUT2D eigenvalue weighted by Crippen LogP contribution is -2.18. The lowest BCUT2D eigenvalue weighted by molar-refractivity contribution is -0.124. The Bertz CT molecular complexity index is 153. The quantitative estimate of drug-likeness (QED) is 0.248. The number of halogens is 1. The average molecular weight is 131 g/mol. The summed E-state index contributed by atoms with van der Waals surface area (Å²) in [5.74, 6) is -0.816. The second-order valence-corrected chi connectivity index (χ2v) is 1.26. The number of hydroxylamine groups is 1. The fourth-order valence-electron chi connectivity index (χ4n) is 0.224. The van der Waals surface area contributed by atoms with Gasteiger partial charge in [0.1, 0.15) is 0 Å². The van der Waals surface area contributed by atoms with Gasteiger partial charge >= 0.3 is 0 Å². The second-order valence-electron chi connectivity index (χ2n) is 1.26. The maximum atomic E-state index is 11.2. The first kappa shape index (κ1) is 7.84. The van der Waals surface area contributed by atoms with Crippen molar-refractivity contribution in [3.8, 4) is 0 Å². The Hall–Kier alpha value is -1.16. The summed E-state index contributed by atoms with van der Waals surface area (Å²) in [6, 6.07) is 0. The van der Waals surface area contributed by atoms with Gasteiger partial charge in [0.25, 0.3) is 5.91 Å². The van der Waals surface area contributed by atoms with E-state index in [1.807, 2.05) is 0 Å². The fraction of sp³-hybridized carbons (Fsp3) is 0. The molecule has 2 N–H and O–H groups in total. The molecule has 0 rings (SSSR count). The molecule has 0 bridgehead atoms. The summed E-state index contributed by atoms with van der Waals surface area (Å²) in [6.07, 6.45) is 1.00. The van der Waals surface area contributed by atoms with E-state index in [0.717, 1.165) is 6.08 Å².